The molecule has 2 aromatic carbocycles. The Labute approximate surface area is 167 Å². The van der Waals surface area contributed by atoms with Gasteiger partial charge in [0, 0.05) is 10.4 Å². The molecule has 0 atom stereocenters. The minimum Gasteiger partial charge on any atom is -0.495 e. The van der Waals surface area contributed by atoms with Crippen molar-refractivity contribution < 1.29 is 9.53 Å². The maximum absolute atomic E-state index is 12.3. The number of benzene rings is 2. The number of hydrogen-bond donors (Lipinski definition) is 2. The molecule has 0 spiro atoms. The maximum Gasteiger partial charge on any atom is 0.319 e. The molecule has 0 fully saturated rings. The van der Waals surface area contributed by atoms with Crippen LogP contribution in [0.1, 0.15) is 16.1 Å². The number of nitrogens with zero attached hydrogens (tertiary/aromatic N) is 1. The van der Waals surface area contributed by atoms with E-state index in [0.29, 0.717) is 23.0 Å². The minimum atomic E-state index is -0.300. The first-order chi connectivity index (χ1) is 13.0. The third-order valence-electron chi connectivity index (χ3n) is 4.01. The Morgan fingerprint density at radius 3 is 2.74 bits per heavy atom. The summed E-state index contributed by atoms with van der Waals surface area (Å²) in [4.78, 5) is 17.9. The Balaban J connectivity index is 1.68. The first-order valence-corrected chi connectivity index (χ1v) is 9.58. The Kier molecular flexibility index (Phi) is 5.98. The fourth-order valence-electron chi connectivity index (χ4n) is 2.59. The van der Waals surface area contributed by atoms with Crippen molar-refractivity contribution in [2.24, 2.45) is 0 Å². The second kappa shape index (κ2) is 8.41. The van der Waals surface area contributed by atoms with Gasteiger partial charge in [0.15, 0.2) is 0 Å². The number of rotatable bonds is 5. The molecule has 2 amide bonds. The van der Waals surface area contributed by atoms with Crippen molar-refractivity contribution in [2.45, 2.75) is 20.4 Å². The van der Waals surface area contributed by atoms with Gasteiger partial charge >= 0.3 is 6.03 Å². The molecule has 7 heteroatoms. The van der Waals surface area contributed by atoms with Crippen LogP contribution in [0.5, 0.6) is 5.75 Å². The van der Waals surface area contributed by atoms with E-state index < -0.39 is 0 Å². The normalized spacial score (nSPS) is 10.5. The van der Waals surface area contributed by atoms with Gasteiger partial charge in [-0.2, -0.15) is 0 Å². The molecule has 0 bridgehead atoms. The largest absolute Gasteiger partial charge is 0.495 e. The molecule has 0 saturated carbocycles. The first kappa shape index (κ1) is 19.2. The van der Waals surface area contributed by atoms with Crippen LogP contribution < -0.4 is 15.4 Å². The lowest BCUT2D eigenvalue weighted by Crippen LogP contribution is -2.28. The van der Waals surface area contributed by atoms with Crippen LogP contribution in [-0.4, -0.2) is 18.1 Å². The average molecular weight is 402 g/mol. The monoisotopic (exact) mass is 401 g/mol. The van der Waals surface area contributed by atoms with Crippen molar-refractivity contribution in [3.8, 4) is 16.3 Å². The van der Waals surface area contributed by atoms with Crippen LogP contribution in [0.4, 0.5) is 10.5 Å². The molecule has 0 aliphatic carbocycles. The summed E-state index contributed by atoms with van der Waals surface area (Å²) in [5.74, 6) is 0.616. The summed E-state index contributed by atoms with van der Waals surface area (Å²) in [7, 11) is 1.57. The smallest absolute Gasteiger partial charge is 0.319 e. The topological polar surface area (TPSA) is 63.2 Å². The Morgan fingerprint density at radius 1 is 1.22 bits per heavy atom. The molecule has 0 aliphatic heterocycles. The van der Waals surface area contributed by atoms with Crippen molar-refractivity contribution in [3.05, 3.63) is 63.6 Å². The highest BCUT2D eigenvalue weighted by Gasteiger charge is 2.13. The fourth-order valence-corrected chi connectivity index (χ4v) is 3.91. The zero-order valence-electron chi connectivity index (χ0n) is 15.3. The standard InChI is InChI=1S/C20H20ClN3O2S/c1-12-8-9-17(26-3)16(10-12)24-20(25)22-11-18-13(2)23-19(27-18)14-6-4-5-7-15(14)21/h4-10H,11H2,1-3H3,(H2,22,24,25). The van der Waals surface area contributed by atoms with Gasteiger partial charge in [0.25, 0.3) is 0 Å². The number of anilines is 1. The van der Waals surface area contributed by atoms with E-state index in [1.165, 1.54) is 11.3 Å². The number of ether oxygens (including phenoxy) is 1. The van der Waals surface area contributed by atoms with Crippen LogP contribution >= 0.6 is 22.9 Å². The van der Waals surface area contributed by atoms with Gasteiger partial charge in [0.2, 0.25) is 0 Å². The second-order valence-corrected chi connectivity index (χ2v) is 7.51. The highest BCUT2D eigenvalue weighted by Crippen LogP contribution is 2.32. The molecule has 27 heavy (non-hydrogen) atoms. The number of aryl methyl sites for hydroxylation is 2. The second-order valence-electron chi connectivity index (χ2n) is 6.02. The molecule has 3 rings (SSSR count). The molecule has 0 unspecified atom stereocenters. The van der Waals surface area contributed by atoms with Crippen LogP contribution in [-0.2, 0) is 6.54 Å². The van der Waals surface area contributed by atoms with Crippen LogP contribution in [0.3, 0.4) is 0 Å². The predicted molar refractivity (Wildman–Crippen MR) is 111 cm³/mol. The summed E-state index contributed by atoms with van der Waals surface area (Å²) in [6.07, 6.45) is 0. The number of aromatic nitrogens is 1. The lowest BCUT2D eigenvalue weighted by atomic mass is 10.2. The van der Waals surface area contributed by atoms with E-state index in [1.807, 2.05) is 56.3 Å². The molecule has 2 N–H and O–H groups in total. The van der Waals surface area contributed by atoms with Gasteiger partial charge in [-0.1, -0.05) is 35.9 Å². The van der Waals surface area contributed by atoms with Gasteiger partial charge in [0.1, 0.15) is 10.8 Å². The maximum atomic E-state index is 12.3. The Bertz CT molecular complexity index is 972. The number of carbonyl (C=O) groups is 1. The summed E-state index contributed by atoms with van der Waals surface area (Å²) in [6.45, 7) is 4.27. The van der Waals surface area contributed by atoms with Crippen molar-refractivity contribution >= 4 is 34.7 Å². The first-order valence-electron chi connectivity index (χ1n) is 8.38. The molecule has 1 aromatic heterocycles. The number of urea groups is 1. The van der Waals surface area contributed by atoms with Crippen LogP contribution in [0.2, 0.25) is 5.02 Å². The van der Waals surface area contributed by atoms with Crippen molar-refractivity contribution in [3.63, 3.8) is 0 Å². The van der Waals surface area contributed by atoms with E-state index in [2.05, 4.69) is 15.6 Å². The summed E-state index contributed by atoms with van der Waals surface area (Å²) >= 11 is 7.78. The molecule has 1 heterocycles. The molecule has 0 saturated heterocycles. The highest BCUT2D eigenvalue weighted by atomic mass is 35.5. The van der Waals surface area contributed by atoms with E-state index in [9.17, 15) is 4.79 Å². The van der Waals surface area contributed by atoms with Gasteiger partial charge in [-0.15, -0.1) is 11.3 Å². The van der Waals surface area contributed by atoms with Crippen molar-refractivity contribution in [1.29, 1.82) is 0 Å². The molecule has 0 radical (unpaired) electrons. The zero-order valence-corrected chi connectivity index (χ0v) is 16.9. The minimum absolute atomic E-state index is 0.300. The SMILES string of the molecule is COc1ccc(C)cc1NC(=O)NCc1sc(-c2ccccc2Cl)nc1C. The quantitative estimate of drug-likeness (QED) is 0.600. The van der Waals surface area contributed by atoms with E-state index >= 15 is 0 Å². The zero-order chi connectivity index (χ0) is 19.4. The Hall–Kier alpha value is -2.57. The molecule has 140 valence electrons. The number of nitrogens with one attached hydrogen (secondary N) is 2. The number of thiazole rings is 1. The van der Waals surface area contributed by atoms with Gasteiger partial charge < -0.3 is 15.4 Å². The predicted octanol–water partition coefficient (Wildman–Crippen LogP) is 5.41. The van der Waals surface area contributed by atoms with E-state index in [-0.39, 0.29) is 6.03 Å². The number of halogens is 1. The number of carbonyl (C=O) groups excluding carboxylic acids is 1. The van der Waals surface area contributed by atoms with Gasteiger partial charge in [0.05, 0.1) is 30.1 Å². The number of hydrogen-bond acceptors (Lipinski definition) is 4. The molecule has 0 aliphatic rings. The van der Waals surface area contributed by atoms with E-state index in [1.54, 1.807) is 7.11 Å². The number of amides is 2. The molecule has 5 nitrogen and oxygen atoms in total. The lowest BCUT2D eigenvalue weighted by molar-refractivity contribution is 0.251. The summed E-state index contributed by atoms with van der Waals surface area (Å²) < 4.78 is 5.28. The fraction of sp³-hybridized carbons (Fsp3) is 0.200. The third kappa shape index (κ3) is 4.59. The lowest BCUT2D eigenvalue weighted by Gasteiger charge is -2.11. The Morgan fingerprint density at radius 2 is 2.00 bits per heavy atom. The molecular weight excluding hydrogens is 382 g/mol. The number of methoxy groups -OCH3 is 1. The van der Waals surface area contributed by atoms with Gasteiger partial charge in [-0.3, -0.25) is 0 Å². The molecule has 3 aromatic rings. The molecular formula is C20H20ClN3O2S. The van der Waals surface area contributed by atoms with Crippen molar-refractivity contribution in [1.82, 2.24) is 10.3 Å². The average Bonchev–Trinajstić information content (AvgIpc) is 3.01. The van der Waals surface area contributed by atoms with E-state index in [0.717, 1.165) is 26.7 Å². The van der Waals surface area contributed by atoms with Crippen molar-refractivity contribution in [2.75, 3.05) is 12.4 Å². The van der Waals surface area contributed by atoms with E-state index in [4.69, 9.17) is 16.3 Å². The highest BCUT2D eigenvalue weighted by molar-refractivity contribution is 7.15. The van der Waals surface area contributed by atoms with Gasteiger partial charge in [-0.05, 0) is 37.6 Å². The summed E-state index contributed by atoms with van der Waals surface area (Å²) in [5.41, 5.74) is 3.44. The van der Waals surface area contributed by atoms with Crippen LogP contribution in [0.25, 0.3) is 10.6 Å². The van der Waals surface area contributed by atoms with Crippen LogP contribution in [0.15, 0.2) is 42.5 Å². The van der Waals surface area contributed by atoms with Gasteiger partial charge in [-0.25, -0.2) is 9.78 Å². The third-order valence-corrected chi connectivity index (χ3v) is 5.53. The summed E-state index contributed by atoms with van der Waals surface area (Å²) in [5, 5.41) is 7.20. The van der Waals surface area contributed by atoms with Crippen LogP contribution in [0, 0.1) is 13.8 Å². The summed E-state index contributed by atoms with van der Waals surface area (Å²) in [6, 6.07) is 12.9.